The van der Waals surface area contributed by atoms with Crippen LogP contribution in [0.5, 0.6) is 0 Å². The summed E-state index contributed by atoms with van der Waals surface area (Å²) in [4.78, 5) is 0. The molecular weight excluding hydrogens is 198 g/mol. The number of aryl methyl sites for hydroxylation is 2. The lowest BCUT2D eigenvalue weighted by Crippen LogP contribution is -1.89. The van der Waals surface area contributed by atoms with E-state index in [9.17, 15) is 0 Å². The van der Waals surface area contributed by atoms with Gasteiger partial charge in [-0.05, 0) is 37.0 Å². The molecule has 16 heavy (non-hydrogen) atoms. The largest absolute Gasteiger partial charge is 0.445 e. The van der Waals surface area contributed by atoms with Gasteiger partial charge in [-0.1, -0.05) is 19.9 Å². The van der Waals surface area contributed by atoms with Gasteiger partial charge in [-0.2, -0.15) is 5.26 Å². The number of benzene rings is 1. The van der Waals surface area contributed by atoms with Crippen molar-refractivity contribution in [3.63, 3.8) is 0 Å². The molecule has 0 aliphatic rings. The highest BCUT2D eigenvalue weighted by atomic mass is 16.3. The van der Waals surface area contributed by atoms with Gasteiger partial charge in [0.25, 0.3) is 0 Å². The highest BCUT2D eigenvalue weighted by Crippen LogP contribution is 2.33. The first kappa shape index (κ1) is 10.8. The number of nitrogens with zero attached hydrogens (tertiary/aromatic N) is 1. The van der Waals surface area contributed by atoms with E-state index in [-0.39, 0.29) is 0 Å². The Bertz CT molecular complexity index is 585. The van der Waals surface area contributed by atoms with Crippen molar-refractivity contribution in [1.82, 2.24) is 0 Å². The van der Waals surface area contributed by atoms with Crippen LogP contribution in [0.15, 0.2) is 16.5 Å². The Morgan fingerprint density at radius 1 is 1.25 bits per heavy atom. The van der Waals surface area contributed by atoms with Crippen LogP contribution in [0.3, 0.4) is 0 Å². The van der Waals surface area contributed by atoms with Crippen LogP contribution in [0.2, 0.25) is 0 Å². The summed E-state index contributed by atoms with van der Waals surface area (Å²) in [5.41, 5.74) is 4.19. The highest BCUT2D eigenvalue weighted by molar-refractivity contribution is 5.87. The molecule has 82 valence electrons. The molecule has 1 aromatic carbocycles. The van der Waals surface area contributed by atoms with E-state index in [2.05, 4.69) is 39.0 Å². The Morgan fingerprint density at radius 2 is 1.94 bits per heavy atom. The number of rotatable bonds is 1. The van der Waals surface area contributed by atoms with Crippen LogP contribution < -0.4 is 0 Å². The maximum absolute atomic E-state index is 9.08. The SMILES string of the molecule is Cc1cc(C)c2oc(C#N)c(C(C)C)c2c1. The predicted octanol–water partition coefficient (Wildman–Crippen LogP) is 4.04. The monoisotopic (exact) mass is 213 g/mol. The van der Waals surface area contributed by atoms with Crippen LogP contribution in [0.4, 0.5) is 0 Å². The van der Waals surface area contributed by atoms with E-state index in [1.165, 1.54) is 5.56 Å². The third kappa shape index (κ3) is 1.49. The number of fused-ring (bicyclic) bond motifs is 1. The quantitative estimate of drug-likeness (QED) is 0.716. The number of hydrogen-bond donors (Lipinski definition) is 0. The average Bonchev–Trinajstić information content (AvgIpc) is 2.56. The second-order valence-electron chi connectivity index (χ2n) is 4.57. The van der Waals surface area contributed by atoms with Crippen LogP contribution in [-0.2, 0) is 0 Å². The van der Waals surface area contributed by atoms with Crippen LogP contribution >= 0.6 is 0 Å². The van der Waals surface area contributed by atoms with Crippen molar-refractivity contribution in [2.24, 2.45) is 0 Å². The average molecular weight is 213 g/mol. The first-order chi connectivity index (χ1) is 7.54. The summed E-state index contributed by atoms with van der Waals surface area (Å²) in [6, 6.07) is 6.33. The molecule has 0 amide bonds. The topological polar surface area (TPSA) is 36.9 Å². The van der Waals surface area contributed by atoms with E-state index in [0.717, 1.165) is 22.1 Å². The molecule has 0 aliphatic carbocycles. The summed E-state index contributed by atoms with van der Waals surface area (Å²) in [6.07, 6.45) is 0. The van der Waals surface area contributed by atoms with E-state index in [0.29, 0.717) is 11.7 Å². The highest BCUT2D eigenvalue weighted by Gasteiger charge is 2.18. The number of nitriles is 1. The van der Waals surface area contributed by atoms with Crippen molar-refractivity contribution in [3.05, 3.63) is 34.6 Å². The van der Waals surface area contributed by atoms with Crippen molar-refractivity contribution in [2.75, 3.05) is 0 Å². The fourth-order valence-corrected chi connectivity index (χ4v) is 2.23. The zero-order chi connectivity index (χ0) is 11.9. The normalized spacial score (nSPS) is 11.0. The van der Waals surface area contributed by atoms with Crippen molar-refractivity contribution in [1.29, 1.82) is 5.26 Å². The molecular formula is C14H15NO. The molecule has 0 aliphatic heterocycles. The fourth-order valence-electron chi connectivity index (χ4n) is 2.23. The molecule has 0 saturated carbocycles. The van der Waals surface area contributed by atoms with Gasteiger partial charge < -0.3 is 4.42 Å². The Kier molecular flexibility index (Phi) is 2.47. The van der Waals surface area contributed by atoms with E-state index < -0.39 is 0 Å². The van der Waals surface area contributed by atoms with Crippen LogP contribution in [0.25, 0.3) is 11.0 Å². The van der Waals surface area contributed by atoms with Crippen molar-refractivity contribution in [3.8, 4) is 6.07 Å². The standard InChI is InChI=1S/C14H15NO/c1-8(2)13-11-6-9(3)5-10(4)14(11)16-12(13)7-15/h5-6,8H,1-4H3. The molecule has 1 heterocycles. The van der Waals surface area contributed by atoms with Gasteiger partial charge in [0.15, 0.2) is 0 Å². The van der Waals surface area contributed by atoms with E-state index >= 15 is 0 Å². The van der Waals surface area contributed by atoms with Gasteiger partial charge in [0, 0.05) is 10.9 Å². The van der Waals surface area contributed by atoms with Gasteiger partial charge in [0.2, 0.25) is 5.76 Å². The molecule has 2 heteroatoms. The summed E-state index contributed by atoms with van der Waals surface area (Å²) >= 11 is 0. The molecule has 0 fully saturated rings. The van der Waals surface area contributed by atoms with Gasteiger partial charge in [-0.25, -0.2) is 0 Å². The van der Waals surface area contributed by atoms with Crippen LogP contribution in [0, 0.1) is 25.2 Å². The van der Waals surface area contributed by atoms with Crippen LogP contribution in [-0.4, -0.2) is 0 Å². The third-order valence-electron chi connectivity index (χ3n) is 2.84. The van der Waals surface area contributed by atoms with Crippen molar-refractivity contribution < 1.29 is 4.42 Å². The Balaban J connectivity index is 2.91. The molecule has 2 nitrogen and oxygen atoms in total. The Morgan fingerprint density at radius 3 is 2.50 bits per heavy atom. The second-order valence-corrected chi connectivity index (χ2v) is 4.57. The second kappa shape index (κ2) is 3.68. The van der Waals surface area contributed by atoms with Crippen molar-refractivity contribution >= 4 is 11.0 Å². The smallest absolute Gasteiger partial charge is 0.208 e. The molecule has 0 bridgehead atoms. The maximum atomic E-state index is 9.08. The van der Waals surface area contributed by atoms with Gasteiger partial charge in [0.1, 0.15) is 11.7 Å². The van der Waals surface area contributed by atoms with Crippen molar-refractivity contribution in [2.45, 2.75) is 33.6 Å². The van der Waals surface area contributed by atoms with Gasteiger partial charge in [-0.15, -0.1) is 0 Å². The fraction of sp³-hybridized carbons (Fsp3) is 0.357. The van der Waals surface area contributed by atoms with Crippen LogP contribution in [0.1, 0.15) is 42.2 Å². The van der Waals surface area contributed by atoms with Gasteiger partial charge in [0.05, 0.1) is 0 Å². The summed E-state index contributed by atoms with van der Waals surface area (Å²) < 4.78 is 5.63. The van der Waals surface area contributed by atoms with Gasteiger partial charge in [-0.3, -0.25) is 0 Å². The van der Waals surface area contributed by atoms with E-state index in [1.807, 2.05) is 6.92 Å². The van der Waals surface area contributed by atoms with E-state index in [1.54, 1.807) is 0 Å². The summed E-state index contributed by atoms with van der Waals surface area (Å²) in [7, 11) is 0. The Hall–Kier alpha value is -1.75. The molecule has 2 aromatic rings. The summed E-state index contributed by atoms with van der Waals surface area (Å²) in [5, 5.41) is 10.2. The Labute approximate surface area is 95.5 Å². The molecule has 0 unspecified atom stereocenters. The minimum atomic E-state index is 0.303. The molecule has 1 aromatic heterocycles. The lowest BCUT2D eigenvalue weighted by Gasteiger charge is -2.03. The predicted molar refractivity (Wildman–Crippen MR) is 64.5 cm³/mol. The lowest BCUT2D eigenvalue weighted by molar-refractivity contribution is 0.587. The minimum Gasteiger partial charge on any atom is -0.445 e. The minimum absolute atomic E-state index is 0.303. The number of hydrogen-bond acceptors (Lipinski definition) is 2. The summed E-state index contributed by atoms with van der Waals surface area (Å²) in [5.74, 6) is 0.760. The molecule has 2 rings (SSSR count). The first-order valence-corrected chi connectivity index (χ1v) is 5.48. The maximum Gasteiger partial charge on any atom is 0.208 e. The zero-order valence-electron chi connectivity index (χ0n) is 10.1. The molecule has 0 N–H and O–H groups in total. The third-order valence-corrected chi connectivity index (χ3v) is 2.84. The molecule has 0 saturated heterocycles. The molecule has 0 radical (unpaired) electrons. The molecule has 0 spiro atoms. The lowest BCUT2D eigenvalue weighted by atomic mass is 9.97. The van der Waals surface area contributed by atoms with E-state index in [4.69, 9.17) is 9.68 Å². The zero-order valence-corrected chi connectivity index (χ0v) is 10.1. The number of furan rings is 1. The first-order valence-electron chi connectivity index (χ1n) is 5.48. The molecule has 0 atom stereocenters. The summed E-state index contributed by atoms with van der Waals surface area (Å²) in [6.45, 7) is 8.26. The van der Waals surface area contributed by atoms with Gasteiger partial charge >= 0.3 is 0 Å².